The summed E-state index contributed by atoms with van der Waals surface area (Å²) in [4.78, 5) is 38.5. The molecule has 0 rings (SSSR count). The summed E-state index contributed by atoms with van der Waals surface area (Å²) in [5.74, 6) is -0.953. The van der Waals surface area contributed by atoms with E-state index < -0.39 is 6.10 Å². The number of esters is 3. The third kappa shape index (κ3) is 67.7. The summed E-state index contributed by atoms with van der Waals surface area (Å²) in [6.07, 6.45) is 101. The van der Waals surface area contributed by atoms with Gasteiger partial charge in [0.1, 0.15) is 13.2 Å². The van der Waals surface area contributed by atoms with Crippen molar-refractivity contribution in [2.45, 2.75) is 297 Å². The molecule has 0 fully saturated rings. The number of carbonyl (C=O) groups excluding carboxylic acids is 3. The van der Waals surface area contributed by atoms with Crippen molar-refractivity contribution < 1.29 is 28.6 Å². The summed E-state index contributed by atoms with van der Waals surface area (Å²) < 4.78 is 16.9. The minimum Gasteiger partial charge on any atom is -0.462 e. The predicted octanol–water partition coefficient (Wildman–Crippen LogP) is 23.7. The molecule has 1 unspecified atom stereocenters. The van der Waals surface area contributed by atoms with Gasteiger partial charge in [0, 0.05) is 19.3 Å². The van der Waals surface area contributed by atoms with Gasteiger partial charge < -0.3 is 14.2 Å². The van der Waals surface area contributed by atoms with Crippen molar-refractivity contribution >= 4 is 17.9 Å². The summed E-state index contributed by atoms with van der Waals surface area (Å²) in [7, 11) is 0. The highest BCUT2D eigenvalue weighted by Crippen LogP contribution is 2.15. The summed E-state index contributed by atoms with van der Waals surface area (Å²) in [6.45, 7) is 6.37. The van der Waals surface area contributed by atoms with E-state index in [-0.39, 0.29) is 31.1 Å². The Labute approximate surface area is 511 Å². The fourth-order valence-electron chi connectivity index (χ4n) is 8.97. The van der Waals surface area contributed by atoms with Crippen LogP contribution in [0.25, 0.3) is 0 Å². The molecule has 0 aromatic heterocycles. The maximum atomic E-state index is 13.0. The van der Waals surface area contributed by atoms with Gasteiger partial charge >= 0.3 is 17.9 Å². The van der Waals surface area contributed by atoms with Crippen LogP contribution in [0.2, 0.25) is 0 Å². The first kappa shape index (κ1) is 78.0. The highest BCUT2D eigenvalue weighted by Gasteiger charge is 2.19. The molecule has 0 bridgehead atoms. The summed E-state index contributed by atoms with van der Waals surface area (Å²) in [5.41, 5.74) is 0. The predicted molar refractivity (Wildman–Crippen MR) is 362 cm³/mol. The van der Waals surface area contributed by atoms with Gasteiger partial charge in [0.25, 0.3) is 0 Å². The number of hydrogen-bond donors (Lipinski definition) is 0. The van der Waals surface area contributed by atoms with Crippen molar-refractivity contribution in [1.29, 1.82) is 0 Å². The summed E-state index contributed by atoms with van der Waals surface area (Å²) in [5, 5.41) is 0. The van der Waals surface area contributed by atoms with Crippen LogP contribution in [0.1, 0.15) is 290 Å². The quantitative estimate of drug-likeness (QED) is 0.0261. The van der Waals surface area contributed by atoms with Crippen LogP contribution in [-0.2, 0) is 28.6 Å². The van der Waals surface area contributed by atoms with Crippen LogP contribution in [0.5, 0.6) is 0 Å². The highest BCUT2D eigenvalue weighted by atomic mass is 16.6. The monoisotopic (exact) mass is 1140 g/mol. The molecule has 0 aliphatic heterocycles. The van der Waals surface area contributed by atoms with Crippen molar-refractivity contribution in [2.75, 3.05) is 13.2 Å². The lowest BCUT2D eigenvalue weighted by Crippen LogP contribution is -2.30. The van der Waals surface area contributed by atoms with Crippen molar-refractivity contribution in [3.05, 3.63) is 158 Å². The molecule has 0 amide bonds. The molecule has 0 aliphatic rings. The SMILES string of the molecule is CC/C=C\C/C=C\C/C=C\C/C=C\C/C=C\CCCCCCCCCC(=O)OCC(COC(=O)CCCCC/C=C\C/C=C\C/C=C\C/C=C\C/C=C\CC)OC(=O)CCCCCCCCCC/C=C\C/C=C\C/C=C\CCCCCCC. The van der Waals surface area contributed by atoms with Gasteiger partial charge in [0.05, 0.1) is 0 Å². The number of carbonyl (C=O) groups is 3. The molecule has 0 saturated heterocycles. The number of allylic oxidation sites excluding steroid dienone is 26. The Balaban J connectivity index is 4.51. The topological polar surface area (TPSA) is 78.9 Å². The Morgan fingerprint density at radius 3 is 0.747 bits per heavy atom. The van der Waals surface area contributed by atoms with Gasteiger partial charge in [-0.3, -0.25) is 14.4 Å². The zero-order valence-corrected chi connectivity index (χ0v) is 53.7. The fraction of sp³-hybridized carbons (Fsp3) is 0.623. The standard InChI is InChI=1S/C77H124O6/c1-4-7-10-13-16-19-22-25-28-31-34-36-38-40-43-46-49-52-55-58-61-64-67-70-76(79)82-73-74(72-81-75(78)69-66-63-60-57-54-51-48-45-42-33-30-27-24-21-18-15-12-9-6-3)83-77(80)71-68-65-62-59-56-53-50-47-44-41-39-37-35-32-29-26-23-20-17-14-11-8-5-2/h7,9-10,12,16,18-19,21,23,25-28,30,32,34-36,39-43,45,51,54,74H,4-6,8,11,13-15,17,20,22,24,29,31,33,37-38,44,46-50,52-53,55-73H2,1-3H3/b10-7-,12-9-,19-16-,21-18-,26-23-,28-25-,30-27-,35-32-,36-34-,41-39-,43-40-,45-42-,54-51-. The van der Waals surface area contributed by atoms with Crippen molar-refractivity contribution in [3.8, 4) is 0 Å². The third-order valence-corrected chi connectivity index (χ3v) is 14.0. The minimum absolute atomic E-state index is 0.104. The fourth-order valence-corrected chi connectivity index (χ4v) is 8.97. The zero-order chi connectivity index (χ0) is 59.9. The average Bonchev–Trinajstić information content (AvgIpc) is 3.49. The van der Waals surface area contributed by atoms with Crippen LogP contribution < -0.4 is 0 Å². The number of rotatable bonds is 60. The van der Waals surface area contributed by atoms with Crippen LogP contribution >= 0.6 is 0 Å². The largest absolute Gasteiger partial charge is 0.462 e. The van der Waals surface area contributed by atoms with Gasteiger partial charge in [-0.1, -0.05) is 281 Å². The Morgan fingerprint density at radius 1 is 0.253 bits per heavy atom. The molecule has 0 spiro atoms. The molecule has 6 nitrogen and oxygen atoms in total. The van der Waals surface area contributed by atoms with Gasteiger partial charge in [-0.15, -0.1) is 0 Å². The molecule has 0 heterocycles. The van der Waals surface area contributed by atoms with Gasteiger partial charge in [-0.2, -0.15) is 0 Å². The third-order valence-electron chi connectivity index (χ3n) is 14.0. The molecule has 0 aromatic carbocycles. The first-order valence-corrected chi connectivity index (χ1v) is 34.0. The Hall–Kier alpha value is -4.97. The van der Waals surface area contributed by atoms with Crippen molar-refractivity contribution in [3.63, 3.8) is 0 Å². The van der Waals surface area contributed by atoms with Crippen molar-refractivity contribution in [2.24, 2.45) is 0 Å². The molecule has 0 radical (unpaired) electrons. The second-order valence-corrected chi connectivity index (χ2v) is 22.0. The van der Waals surface area contributed by atoms with E-state index in [1.807, 2.05) is 0 Å². The van der Waals surface area contributed by atoms with Crippen LogP contribution in [0.15, 0.2) is 158 Å². The van der Waals surface area contributed by atoms with E-state index in [9.17, 15) is 14.4 Å². The molecule has 0 aliphatic carbocycles. The zero-order valence-electron chi connectivity index (χ0n) is 53.7. The van der Waals surface area contributed by atoms with E-state index >= 15 is 0 Å². The van der Waals surface area contributed by atoms with Gasteiger partial charge in [-0.25, -0.2) is 0 Å². The first-order valence-electron chi connectivity index (χ1n) is 34.0. The van der Waals surface area contributed by atoms with E-state index in [2.05, 4.69) is 179 Å². The van der Waals surface area contributed by atoms with E-state index in [1.165, 1.54) is 96.3 Å². The second-order valence-electron chi connectivity index (χ2n) is 22.0. The van der Waals surface area contributed by atoms with Gasteiger partial charge in [-0.05, 0) is 148 Å². The molecule has 0 saturated carbocycles. The summed E-state index contributed by atoms with van der Waals surface area (Å²) >= 11 is 0. The highest BCUT2D eigenvalue weighted by molar-refractivity contribution is 5.71. The number of ether oxygens (including phenoxy) is 3. The van der Waals surface area contributed by atoms with E-state index in [1.54, 1.807) is 0 Å². The molecular weight excluding hydrogens is 1020 g/mol. The second kappa shape index (κ2) is 69.5. The van der Waals surface area contributed by atoms with E-state index in [0.29, 0.717) is 19.3 Å². The lowest BCUT2D eigenvalue weighted by atomic mass is 10.1. The normalized spacial score (nSPS) is 13.1. The molecule has 0 N–H and O–H groups in total. The molecule has 6 heteroatoms. The maximum Gasteiger partial charge on any atom is 0.306 e. The molecule has 83 heavy (non-hydrogen) atoms. The van der Waals surface area contributed by atoms with Crippen LogP contribution in [0.4, 0.5) is 0 Å². The van der Waals surface area contributed by atoms with Crippen LogP contribution in [-0.4, -0.2) is 37.2 Å². The first-order chi connectivity index (χ1) is 41.0. The lowest BCUT2D eigenvalue weighted by Gasteiger charge is -2.18. The van der Waals surface area contributed by atoms with E-state index in [4.69, 9.17) is 14.2 Å². The molecule has 1 atom stereocenters. The Bertz CT molecular complexity index is 1840. The summed E-state index contributed by atoms with van der Waals surface area (Å²) in [6, 6.07) is 0. The Morgan fingerprint density at radius 2 is 0.470 bits per heavy atom. The molecule has 468 valence electrons. The minimum atomic E-state index is -0.811. The van der Waals surface area contributed by atoms with Crippen LogP contribution in [0.3, 0.4) is 0 Å². The van der Waals surface area contributed by atoms with Gasteiger partial charge in [0.15, 0.2) is 6.10 Å². The van der Waals surface area contributed by atoms with Crippen molar-refractivity contribution in [1.82, 2.24) is 0 Å². The number of unbranched alkanes of at least 4 members (excludes halogenated alkanes) is 23. The average molecular weight is 1150 g/mol. The van der Waals surface area contributed by atoms with Gasteiger partial charge in [0.2, 0.25) is 0 Å². The molecule has 0 aromatic rings. The Kier molecular flexibility index (Phi) is 65.4. The number of hydrogen-bond acceptors (Lipinski definition) is 6. The van der Waals surface area contributed by atoms with E-state index in [0.717, 1.165) is 154 Å². The molecular formula is C77H124O6. The van der Waals surface area contributed by atoms with Crippen LogP contribution in [0, 0.1) is 0 Å². The smallest absolute Gasteiger partial charge is 0.306 e. The lowest BCUT2D eigenvalue weighted by molar-refractivity contribution is -0.167. The maximum absolute atomic E-state index is 13.0.